The zero-order chi connectivity index (χ0) is 14.5. The SMILES string of the molecule is O=C(/C=C/c1ccc(Br)o1)OCc1ccc(Cl)c(Cl)c1. The molecule has 2 rings (SSSR count). The Morgan fingerprint density at radius 2 is 2.05 bits per heavy atom. The number of halogens is 3. The molecule has 0 aliphatic rings. The quantitative estimate of drug-likeness (QED) is 0.550. The van der Waals surface area contributed by atoms with E-state index in [1.807, 2.05) is 0 Å². The molecule has 0 amide bonds. The molecule has 0 atom stereocenters. The fourth-order valence-electron chi connectivity index (χ4n) is 1.40. The van der Waals surface area contributed by atoms with Crippen LogP contribution in [0.25, 0.3) is 6.08 Å². The predicted molar refractivity (Wildman–Crippen MR) is 81.7 cm³/mol. The van der Waals surface area contributed by atoms with Gasteiger partial charge >= 0.3 is 5.97 Å². The van der Waals surface area contributed by atoms with Gasteiger partial charge in [-0.1, -0.05) is 29.3 Å². The summed E-state index contributed by atoms with van der Waals surface area (Å²) in [6, 6.07) is 8.52. The molecule has 0 saturated carbocycles. The molecule has 3 nitrogen and oxygen atoms in total. The fourth-order valence-corrected chi connectivity index (χ4v) is 2.04. The van der Waals surface area contributed by atoms with Crippen LogP contribution in [-0.4, -0.2) is 5.97 Å². The number of rotatable bonds is 4. The van der Waals surface area contributed by atoms with Crippen molar-refractivity contribution in [3.8, 4) is 0 Å². The topological polar surface area (TPSA) is 39.4 Å². The highest BCUT2D eigenvalue weighted by Crippen LogP contribution is 2.23. The van der Waals surface area contributed by atoms with Crippen LogP contribution in [0.3, 0.4) is 0 Å². The highest BCUT2D eigenvalue weighted by molar-refractivity contribution is 9.10. The number of carbonyl (C=O) groups is 1. The van der Waals surface area contributed by atoms with Gasteiger partial charge in [0, 0.05) is 6.08 Å². The second-order valence-electron chi connectivity index (χ2n) is 3.83. The van der Waals surface area contributed by atoms with E-state index in [4.69, 9.17) is 32.4 Å². The van der Waals surface area contributed by atoms with Crippen molar-refractivity contribution in [3.05, 3.63) is 62.4 Å². The molecule has 1 heterocycles. The van der Waals surface area contributed by atoms with Crippen molar-refractivity contribution in [2.24, 2.45) is 0 Å². The van der Waals surface area contributed by atoms with Crippen LogP contribution in [0.4, 0.5) is 0 Å². The first kappa shape index (κ1) is 15.2. The van der Waals surface area contributed by atoms with Crippen LogP contribution in [0, 0.1) is 0 Å². The molecule has 1 aromatic carbocycles. The van der Waals surface area contributed by atoms with E-state index >= 15 is 0 Å². The molecule has 0 saturated heterocycles. The maximum atomic E-state index is 11.5. The molecule has 0 aliphatic heterocycles. The molecule has 0 bridgehead atoms. The van der Waals surface area contributed by atoms with E-state index in [2.05, 4.69) is 15.9 Å². The summed E-state index contributed by atoms with van der Waals surface area (Å²) in [4.78, 5) is 11.5. The van der Waals surface area contributed by atoms with Crippen LogP contribution in [-0.2, 0) is 16.1 Å². The van der Waals surface area contributed by atoms with Crippen LogP contribution in [0.15, 0.2) is 45.5 Å². The molecule has 20 heavy (non-hydrogen) atoms. The molecule has 0 N–H and O–H groups in total. The van der Waals surface area contributed by atoms with Crippen molar-refractivity contribution in [1.29, 1.82) is 0 Å². The lowest BCUT2D eigenvalue weighted by molar-refractivity contribution is -0.138. The van der Waals surface area contributed by atoms with Gasteiger partial charge in [0.15, 0.2) is 4.67 Å². The molecule has 0 fully saturated rings. The fraction of sp³-hybridized carbons (Fsp3) is 0.0714. The number of hydrogen-bond acceptors (Lipinski definition) is 3. The third-order valence-corrected chi connectivity index (χ3v) is 3.51. The molecule has 104 valence electrons. The van der Waals surface area contributed by atoms with Gasteiger partial charge in [0.1, 0.15) is 12.4 Å². The summed E-state index contributed by atoms with van der Waals surface area (Å²) in [5.41, 5.74) is 0.766. The van der Waals surface area contributed by atoms with Crippen molar-refractivity contribution >= 4 is 51.2 Å². The Morgan fingerprint density at radius 3 is 2.70 bits per heavy atom. The van der Waals surface area contributed by atoms with Crippen LogP contribution in [0.1, 0.15) is 11.3 Å². The average Bonchev–Trinajstić information content (AvgIpc) is 2.83. The Kier molecular flexibility index (Phi) is 5.29. The largest absolute Gasteiger partial charge is 0.458 e. The smallest absolute Gasteiger partial charge is 0.331 e. The van der Waals surface area contributed by atoms with Crippen molar-refractivity contribution in [2.75, 3.05) is 0 Å². The van der Waals surface area contributed by atoms with Gasteiger partial charge in [0.2, 0.25) is 0 Å². The zero-order valence-corrected chi connectivity index (χ0v) is 13.2. The number of carbonyl (C=O) groups excluding carboxylic acids is 1. The molecule has 1 aromatic heterocycles. The first-order valence-corrected chi connectivity index (χ1v) is 7.13. The number of furan rings is 1. The highest BCUT2D eigenvalue weighted by atomic mass is 79.9. The maximum absolute atomic E-state index is 11.5. The molecule has 0 aliphatic carbocycles. The maximum Gasteiger partial charge on any atom is 0.331 e. The van der Waals surface area contributed by atoms with Crippen LogP contribution >= 0.6 is 39.1 Å². The monoisotopic (exact) mass is 374 g/mol. The van der Waals surface area contributed by atoms with E-state index in [-0.39, 0.29) is 6.61 Å². The minimum absolute atomic E-state index is 0.127. The third kappa shape index (κ3) is 4.40. The van der Waals surface area contributed by atoms with Crippen molar-refractivity contribution in [3.63, 3.8) is 0 Å². The van der Waals surface area contributed by atoms with Gasteiger partial charge in [-0.05, 0) is 51.8 Å². The van der Waals surface area contributed by atoms with E-state index in [1.54, 1.807) is 30.3 Å². The van der Waals surface area contributed by atoms with E-state index in [9.17, 15) is 4.79 Å². The van der Waals surface area contributed by atoms with Gasteiger partial charge in [-0.15, -0.1) is 0 Å². The Bertz CT molecular complexity index is 650. The summed E-state index contributed by atoms with van der Waals surface area (Å²) in [5, 5.41) is 0.890. The normalized spacial score (nSPS) is 10.9. The van der Waals surface area contributed by atoms with Gasteiger partial charge in [0.25, 0.3) is 0 Å². The molecular formula is C14H9BrCl2O3. The average molecular weight is 376 g/mol. The minimum atomic E-state index is -0.469. The lowest BCUT2D eigenvalue weighted by Crippen LogP contribution is -2.00. The number of hydrogen-bond donors (Lipinski definition) is 0. The van der Waals surface area contributed by atoms with Gasteiger partial charge in [-0.25, -0.2) is 4.79 Å². The molecule has 2 aromatic rings. The summed E-state index contributed by atoms with van der Waals surface area (Å²) >= 11 is 14.8. The standard InChI is InChI=1S/C14H9BrCl2O3/c15-13-5-2-10(20-13)3-6-14(18)19-8-9-1-4-11(16)12(17)7-9/h1-7H,8H2/b6-3+. The van der Waals surface area contributed by atoms with Gasteiger partial charge in [-0.2, -0.15) is 0 Å². The van der Waals surface area contributed by atoms with Crippen molar-refractivity contribution < 1.29 is 13.9 Å². The van der Waals surface area contributed by atoms with Crippen LogP contribution < -0.4 is 0 Å². The van der Waals surface area contributed by atoms with Crippen molar-refractivity contribution in [2.45, 2.75) is 6.61 Å². The Labute approximate surface area is 134 Å². The summed E-state index contributed by atoms with van der Waals surface area (Å²) in [6.45, 7) is 0.127. The van der Waals surface area contributed by atoms with E-state index in [0.29, 0.717) is 20.5 Å². The summed E-state index contributed by atoms with van der Waals surface area (Å²) in [5.74, 6) is 0.0898. The molecule has 6 heteroatoms. The first-order valence-electron chi connectivity index (χ1n) is 5.59. The summed E-state index contributed by atoms with van der Waals surface area (Å²) in [6.07, 6.45) is 2.82. The van der Waals surface area contributed by atoms with Crippen LogP contribution in [0.5, 0.6) is 0 Å². The van der Waals surface area contributed by atoms with E-state index < -0.39 is 5.97 Å². The second-order valence-corrected chi connectivity index (χ2v) is 5.43. The summed E-state index contributed by atoms with van der Waals surface area (Å²) in [7, 11) is 0. The predicted octanol–water partition coefficient (Wildman–Crippen LogP) is 5.11. The summed E-state index contributed by atoms with van der Waals surface area (Å²) < 4.78 is 10.9. The molecule has 0 unspecified atom stereocenters. The lowest BCUT2D eigenvalue weighted by Gasteiger charge is -2.03. The van der Waals surface area contributed by atoms with Crippen LogP contribution in [0.2, 0.25) is 10.0 Å². The van der Waals surface area contributed by atoms with Gasteiger partial charge < -0.3 is 9.15 Å². The highest BCUT2D eigenvalue weighted by Gasteiger charge is 2.03. The molecule has 0 spiro atoms. The number of esters is 1. The Morgan fingerprint density at radius 1 is 1.25 bits per heavy atom. The number of benzene rings is 1. The molecular weight excluding hydrogens is 367 g/mol. The Hall–Kier alpha value is -1.23. The first-order chi connectivity index (χ1) is 9.54. The van der Waals surface area contributed by atoms with Gasteiger partial charge in [-0.3, -0.25) is 0 Å². The lowest BCUT2D eigenvalue weighted by atomic mass is 10.2. The van der Waals surface area contributed by atoms with Crippen molar-refractivity contribution in [1.82, 2.24) is 0 Å². The molecule has 0 radical (unpaired) electrons. The van der Waals surface area contributed by atoms with Gasteiger partial charge in [0.05, 0.1) is 10.0 Å². The van der Waals surface area contributed by atoms with E-state index in [1.165, 1.54) is 12.2 Å². The minimum Gasteiger partial charge on any atom is -0.458 e. The number of ether oxygens (including phenoxy) is 1. The Balaban J connectivity index is 1.88. The van der Waals surface area contributed by atoms with E-state index in [0.717, 1.165) is 5.56 Å². The second kappa shape index (κ2) is 6.97. The third-order valence-electron chi connectivity index (χ3n) is 2.34. The zero-order valence-electron chi connectivity index (χ0n) is 10.1.